The molecular formula is C18H24N2O5. The second-order valence-corrected chi connectivity index (χ2v) is 5.37. The average Bonchev–Trinajstić information content (AvgIpc) is 2.58. The number of hydrogen-bond donors (Lipinski definition) is 2. The molecule has 0 saturated carbocycles. The van der Waals surface area contributed by atoms with Crippen molar-refractivity contribution in [3.8, 4) is 5.75 Å². The number of benzene rings is 1. The molecule has 1 atom stereocenters. The van der Waals surface area contributed by atoms with Crippen LogP contribution in [-0.2, 0) is 14.3 Å². The van der Waals surface area contributed by atoms with Crippen molar-refractivity contribution in [3.05, 3.63) is 41.1 Å². The maximum Gasteiger partial charge on any atom is 0.338 e. The van der Waals surface area contributed by atoms with Gasteiger partial charge in [-0.05, 0) is 26.8 Å². The summed E-state index contributed by atoms with van der Waals surface area (Å²) in [7, 11) is 0. The Kier molecular flexibility index (Phi) is 6.82. The van der Waals surface area contributed by atoms with Crippen molar-refractivity contribution in [2.75, 3.05) is 26.4 Å². The summed E-state index contributed by atoms with van der Waals surface area (Å²) < 4.78 is 16.1. The lowest BCUT2D eigenvalue weighted by Gasteiger charge is -2.29. The maximum absolute atomic E-state index is 12.6. The molecule has 7 nitrogen and oxygen atoms in total. The van der Waals surface area contributed by atoms with E-state index in [9.17, 15) is 9.59 Å². The fourth-order valence-corrected chi connectivity index (χ4v) is 2.62. The quantitative estimate of drug-likeness (QED) is 0.556. The Morgan fingerprint density at radius 2 is 1.92 bits per heavy atom. The van der Waals surface area contributed by atoms with Gasteiger partial charge in [0.1, 0.15) is 12.4 Å². The van der Waals surface area contributed by atoms with Crippen LogP contribution < -0.4 is 15.4 Å². The molecule has 0 spiro atoms. The van der Waals surface area contributed by atoms with Crippen molar-refractivity contribution in [2.24, 2.45) is 0 Å². The molecule has 0 aromatic heterocycles. The van der Waals surface area contributed by atoms with E-state index in [0.717, 1.165) is 0 Å². The first-order valence-corrected chi connectivity index (χ1v) is 8.33. The molecule has 0 radical (unpaired) electrons. The Balaban J connectivity index is 2.29. The summed E-state index contributed by atoms with van der Waals surface area (Å²) in [4.78, 5) is 24.5. The number of esters is 1. The van der Waals surface area contributed by atoms with Crippen LogP contribution >= 0.6 is 0 Å². The molecule has 1 aliphatic rings. The summed E-state index contributed by atoms with van der Waals surface area (Å²) in [5, 5.41) is 5.39. The Morgan fingerprint density at radius 3 is 2.64 bits per heavy atom. The van der Waals surface area contributed by atoms with Gasteiger partial charge in [-0.25, -0.2) is 9.59 Å². The molecule has 1 heterocycles. The zero-order valence-electron chi connectivity index (χ0n) is 14.8. The lowest BCUT2D eigenvalue weighted by molar-refractivity contribution is -0.141. The van der Waals surface area contributed by atoms with Crippen molar-refractivity contribution in [3.63, 3.8) is 0 Å². The van der Waals surface area contributed by atoms with Gasteiger partial charge < -0.3 is 24.8 Å². The number of para-hydroxylation sites is 1. The highest BCUT2D eigenvalue weighted by Crippen LogP contribution is 2.33. The van der Waals surface area contributed by atoms with Crippen molar-refractivity contribution < 1.29 is 23.8 Å². The zero-order valence-corrected chi connectivity index (χ0v) is 14.8. The molecular weight excluding hydrogens is 324 g/mol. The van der Waals surface area contributed by atoms with E-state index in [2.05, 4.69) is 10.6 Å². The number of nitrogens with one attached hydrogen (secondary N) is 2. The summed E-state index contributed by atoms with van der Waals surface area (Å²) >= 11 is 0. The molecule has 2 amide bonds. The number of carbonyl (C=O) groups is 2. The van der Waals surface area contributed by atoms with Gasteiger partial charge in [0.25, 0.3) is 0 Å². The SMILES string of the molecule is CCOCCOC(=O)C1=C(C)NC(=O)N[C@@H]1c1ccccc1OCC. The van der Waals surface area contributed by atoms with Crippen LogP contribution in [0, 0.1) is 0 Å². The summed E-state index contributed by atoms with van der Waals surface area (Å²) in [5.41, 5.74) is 1.51. The molecule has 1 aliphatic heterocycles. The van der Waals surface area contributed by atoms with Crippen molar-refractivity contribution >= 4 is 12.0 Å². The van der Waals surface area contributed by atoms with Crippen LogP contribution in [0.1, 0.15) is 32.4 Å². The van der Waals surface area contributed by atoms with Gasteiger partial charge >= 0.3 is 12.0 Å². The molecule has 1 aromatic carbocycles. The van der Waals surface area contributed by atoms with Gasteiger partial charge in [0.2, 0.25) is 0 Å². The van der Waals surface area contributed by atoms with E-state index in [4.69, 9.17) is 14.2 Å². The summed E-state index contributed by atoms with van der Waals surface area (Å²) in [6, 6.07) is 6.28. The number of hydrogen-bond acceptors (Lipinski definition) is 5. The number of rotatable bonds is 8. The fraction of sp³-hybridized carbons (Fsp3) is 0.444. The summed E-state index contributed by atoms with van der Waals surface area (Å²) in [5.74, 6) is 0.116. The molecule has 0 saturated heterocycles. The number of allylic oxidation sites excluding steroid dienone is 1. The molecule has 2 rings (SSSR count). The highest BCUT2D eigenvalue weighted by atomic mass is 16.6. The van der Waals surface area contributed by atoms with Gasteiger partial charge in [-0.2, -0.15) is 0 Å². The molecule has 1 aromatic rings. The molecule has 0 unspecified atom stereocenters. The second kappa shape index (κ2) is 9.08. The van der Waals surface area contributed by atoms with Crippen molar-refractivity contribution in [1.29, 1.82) is 0 Å². The first kappa shape index (κ1) is 18.8. The van der Waals surface area contributed by atoms with E-state index < -0.39 is 12.0 Å². The van der Waals surface area contributed by atoms with Crippen LogP contribution in [0.25, 0.3) is 0 Å². The lowest BCUT2D eigenvalue weighted by Crippen LogP contribution is -2.45. The molecule has 2 N–H and O–H groups in total. The van der Waals surface area contributed by atoms with E-state index in [1.807, 2.05) is 32.0 Å². The molecule has 0 bridgehead atoms. The minimum absolute atomic E-state index is 0.150. The third-order valence-corrected chi connectivity index (χ3v) is 3.68. The third-order valence-electron chi connectivity index (χ3n) is 3.68. The standard InChI is InChI=1S/C18H24N2O5/c1-4-23-10-11-25-17(21)15-12(3)19-18(22)20-16(15)13-8-6-7-9-14(13)24-5-2/h6-9,16H,4-5,10-11H2,1-3H3,(H2,19,20,22)/t16-/m1/s1. The largest absolute Gasteiger partial charge is 0.494 e. The van der Waals surface area contributed by atoms with Crippen molar-refractivity contribution in [2.45, 2.75) is 26.8 Å². The zero-order chi connectivity index (χ0) is 18.2. The summed E-state index contributed by atoms with van der Waals surface area (Å²) in [6.45, 7) is 6.94. The van der Waals surface area contributed by atoms with Gasteiger partial charge in [-0.1, -0.05) is 18.2 Å². The highest BCUT2D eigenvalue weighted by molar-refractivity contribution is 5.95. The van der Waals surface area contributed by atoms with Gasteiger partial charge in [-0.15, -0.1) is 0 Å². The Hall–Kier alpha value is -2.54. The molecule has 25 heavy (non-hydrogen) atoms. The lowest BCUT2D eigenvalue weighted by atomic mass is 9.95. The fourth-order valence-electron chi connectivity index (χ4n) is 2.62. The Morgan fingerprint density at radius 1 is 1.16 bits per heavy atom. The first-order chi connectivity index (χ1) is 12.1. The summed E-state index contributed by atoms with van der Waals surface area (Å²) in [6.07, 6.45) is 0. The topological polar surface area (TPSA) is 85.9 Å². The van der Waals surface area contributed by atoms with E-state index in [1.165, 1.54) is 0 Å². The van der Waals surface area contributed by atoms with Gasteiger partial charge in [0.05, 0.1) is 24.8 Å². The Bertz CT molecular complexity index is 657. The minimum atomic E-state index is -0.643. The van der Waals surface area contributed by atoms with Gasteiger partial charge in [-0.3, -0.25) is 0 Å². The average molecular weight is 348 g/mol. The van der Waals surface area contributed by atoms with Crippen LogP contribution in [0.2, 0.25) is 0 Å². The molecule has 136 valence electrons. The number of urea groups is 1. The maximum atomic E-state index is 12.6. The van der Waals surface area contributed by atoms with E-state index in [-0.39, 0.29) is 12.6 Å². The third kappa shape index (κ3) is 4.73. The predicted molar refractivity (Wildman–Crippen MR) is 92.2 cm³/mol. The van der Waals surface area contributed by atoms with Crippen molar-refractivity contribution in [1.82, 2.24) is 10.6 Å². The van der Waals surface area contributed by atoms with Gasteiger partial charge in [0, 0.05) is 17.9 Å². The molecule has 0 fully saturated rings. The van der Waals surface area contributed by atoms with Crippen LogP contribution in [0.4, 0.5) is 4.79 Å². The van der Waals surface area contributed by atoms with Crippen LogP contribution in [0.3, 0.4) is 0 Å². The number of amides is 2. The smallest absolute Gasteiger partial charge is 0.338 e. The monoisotopic (exact) mass is 348 g/mol. The number of ether oxygens (including phenoxy) is 3. The Labute approximate surface area is 147 Å². The van der Waals surface area contributed by atoms with Crippen LogP contribution in [0.15, 0.2) is 35.5 Å². The molecule has 0 aliphatic carbocycles. The van der Waals surface area contributed by atoms with Crippen LogP contribution in [-0.4, -0.2) is 38.4 Å². The second-order valence-electron chi connectivity index (χ2n) is 5.37. The van der Waals surface area contributed by atoms with Gasteiger partial charge in [0.15, 0.2) is 0 Å². The van der Waals surface area contributed by atoms with E-state index >= 15 is 0 Å². The van der Waals surface area contributed by atoms with E-state index in [0.29, 0.717) is 42.4 Å². The highest BCUT2D eigenvalue weighted by Gasteiger charge is 2.33. The predicted octanol–water partition coefficient (Wildman–Crippen LogP) is 2.29. The van der Waals surface area contributed by atoms with Crippen LogP contribution in [0.5, 0.6) is 5.75 Å². The van der Waals surface area contributed by atoms with E-state index in [1.54, 1.807) is 13.0 Å². The number of carbonyl (C=O) groups excluding carboxylic acids is 2. The normalized spacial score (nSPS) is 16.9. The molecule has 7 heteroatoms. The first-order valence-electron chi connectivity index (χ1n) is 8.33. The minimum Gasteiger partial charge on any atom is -0.494 e.